The van der Waals surface area contributed by atoms with Crippen molar-refractivity contribution >= 4 is 12.1 Å². The van der Waals surface area contributed by atoms with Crippen molar-refractivity contribution in [1.82, 2.24) is 4.90 Å². The number of carbonyl (C=O) groups is 2. The van der Waals surface area contributed by atoms with Crippen molar-refractivity contribution in [1.29, 1.82) is 0 Å². The predicted octanol–water partition coefficient (Wildman–Crippen LogP) is 1.73. The summed E-state index contributed by atoms with van der Waals surface area (Å²) in [7, 11) is 1.36. The lowest BCUT2D eigenvalue weighted by atomic mass is 9.93. The number of ether oxygens (including phenoxy) is 2. The van der Waals surface area contributed by atoms with E-state index in [1.165, 1.54) is 7.11 Å². The number of nitrogens with zero attached hydrogens (tertiary/aromatic N) is 1. The molecule has 0 radical (unpaired) electrons. The van der Waals surface area contributed by atoms with Crippen LogP contribution in [-0.4, -0.2) is 42.8 Å². The van der Waals surface area contributed by atoms with Gasteiger partial charge in [0.25, 0.3) is 0 Å². The summed E-state index contributed by atoms with van der Waals surface area (Å²) < 4.78 is 10.0. The summed E-state index contributed by atoms with van der Waals surface area (Å²) in [4.78, 5) is 24.4. The molecule has 1 amide bonds. The van der Waals surface area contributed by atoms with Gasteiger partial charge < -0.3 is 14.4 Å². The second-order valence-corrected chi connectivity index (χ2v) is 4.58. The normalized spacial score (nSPS) is 18.4. The van der Waals surface area contributed by atoms with Gasteiger partial charge in [0.05, 0.1) is 7.11 Å². The van der Waals surface area contributed by atoms with Crippen molar-refractivity contribution in [2.24, 2.45) is 0 Å². The molecule has 1 fully saturated rings. The van der Waals surface area contributed by atoms with E-state index < -0.39 is 5.60 Å². The molecule has 96 valence electrons. The van der Waals surface area contributed by atoms with Crippen LogP contribution < -0.4 is 0 Å². The van der Waals surface area contributed by atoms with E-state index in [1.807, 2.05) is 6.92 Å². The first-order valence-electron chi connectivity index (χ1n) is 5.60. The molecule has 1 aliphatic rings. The first kappa shape index (κ1) is 13.5. The maximum Gasteiger partial charge on any atom is 0.409 e. The van der Waals surface area contributed by atoms with Gasteiger partial charge in [-0.3, -0.25) is 0 Å². The first-order chi connectivity index (χ1) is 7.88. The van der Waals surface area contributed by atoms with Gasteiger partial charge in [0.15, 0.2) is 0 Å². The molecule has 0 bridgehead atoms. The fraction of sp³-hybridized carbons (Fsp3) is 0.667. The Kier molecular flexibility index (Phi) is 4.15. The zero-order valence-corrected chi connectivity index (χ0v) is 10.6. The highest BCUT2D eigenvalue weighted by atomic mass is 16.6. The molecule has 5 nitrogen and oxygen atoms in total. The predicted molar refractivity (Wildman–Crippen MR) is 62.5 cm³/mol. The van der Waals surface area contributed by atoms with E-state index in [0.29, 0.717) is 31.5 Å². The minimum absolute atomic E-state index is 0.335. The number of methoxy groups -OCH3 is 1. The number of rotatable bonds is 2. The minimum atomic E-state index is -0.513. The van der Waals surface area contributed by atoms with E-state index in [-0.39, 0.29) is 12.1 Å². The van der Waals surface area contributed by atoms with Crippen LogP contribution >= 0.6 is 0 Å². The molecule has 0 N–H and O–H groups in total. The maximum absolute atomic E-state index is 11.5. The quantitative estimate of drug-likeness (QED) is 0.545. The Morgan fingerprint density at radius 2 is 1.82 bits per heavy atom. The van der Waals surface area contributed by atoms with Crippen molar-refractivity contribution in [2.45, 2.75) is 32.3 Å². The smallest absolute Gasteiger partial charge is 0.409 e. The molecule has 0 aliphatic carbocycles. The highest BCUT2D eigenvalue weighted by Gasteiger charge is 2.35. The monoisotopic (exact) mass is 241 g/mol. The third-order valence-electron chi connectivity index (χ3n) is 2.94. The number of amides is 1. The summed E-state index contributed by atoms with van der Waals surface area (Å²) in [5.74, 6) is -0.376. The van der Waals surface area contributed by atoms with E-state index >= 15 is 0 Å². The summed E-state index contributed by atoms with van der Waals surface area (Å²) in [6.07, 6.45) is 0.890. The van der Waals surface area contributed by atoms with Gasteiger partial charge in [-0.15, -0.1) is 0 Å². The summed E-state index contributed by atoms with van der Waals surface area (Å²) in [6.45, 7) is 8.12. The van der Waals surface area contributed by atoms with Gasteiger partial charge in [0.1, 0.15) is 5.60 Å². The standard InChI is InChI=1S/C12H19NO4/c1-9(2)10(14)17-12(3)5-7-13(8-6-12)11(15)16-4/h1,5-8H2,2-4H3. The SMILES string of the molecule is C=C(C)C(=O)OC1(C)CCN(C(=O)OC)CC1. The van der Waals surface area contributed by atoms with Crippen molar-refractivity contribution in [3.63, 3.8) is 0 Å². The molecule has 0 aromatic carbocycles. The first-order valence-corrected chi connectivity index (χ1v) is 5.60. The molecule has 0 spiro atoms. The summed E-state index contributed by atoms with van der Waals surface area (Å²) in [6, 6.07) is 0. The lowest BCUT2D eigenvalue weighted by Crippen LogP contribution is -2.47. The Labute approximate surface area is 101 Å². The summed E-state index contributed by atoms with van der Waals surface area (Å²) in [5, 5.41) is 0. The van der Waals surface area contributed by atoms with E-state index in [1.54, 1.807) is 11.8 Å². The Bertz CT molecular complexity index is 329. The van der Waals surface area contributed by atoms with Gasteiger partial charge in [-0.05, 0) is 13.8 Å². The highest BCUT2D eigenvalue weighted by Crippen LogP contribution is 2.26. The van der Waals surface area contributed by atoms with Crippen molar-refractivity contribution in [2.75, 3.05) is 20.2 Å². The number of esters is 1. The molecule has 0 atom stereocenters. The number of hydrogen-bond acceptors (Lipinski definition) is 4. The third-order valence-corrected chi connectivity index (χ3v) is 2.94. The fourth-order valence-corrected chi connectivity index (χ4v) is 1.70. The summed E-state index contributed by atoms with van der Waals surface area (Å²) >= 11 is 0. The zero-order valence-electron chi connectivity index (χ0n) is 10.6. The number of piperidine rings is 1. The molecular weight excluding hydrogens is 222 g/mol. The van der Waals surface area contributed by atoms with Gasteiger partial charge >= 0.3 is 12.1 Å². The minimum Gasteiger partial charge on any atom is -0.456 e. The number of carbonyl (C=O) groups excluding carboxylic acids is 2. The van der Waals surface area contributed by atoms with Crippen molar-refractivity contribution < 1.29 is 19.1 Å². The second-order valence-electron chi connectivity index (χ2n) is 4.58. The number of hydrogen-bond donors (Lipinski definition) is 0. The molecule has 1 saturated heterocycles. The molecule has 0 saturated carbocycles. The Morgan fingerprint density at radius 1 is 1.29 bits per heavy atom. The summed E-state index contributed by atoms with van der Waals surface area (Å²) in [5.41, 5.74) is -0.123. The van der Waals surface area contributed by atoms with Gasteiger partial charge in [-0.25, -0.2) is 9.59 Å². The molecule has 0 aromatic rings. The van der Waals surface area contributed by atoms with Crippen LogP contribution in [0.25, 0.3) is 0 Å². The van der Waals surface area contributed by atoms with Crippen LogP contribution in [0.1, 0.15) is 26.7 Å². The van der Waals surface area contributed by atoms with Crippen LogP contribution in [0.15, 0.2) is 12.2 Å². The lowest BCUT2D eigenvalue weighted by Gasteiger charge is -2.38. The third kappa shape index (κ3) is 3.47. The van der Waals surface area contributed by atoms with Crippen LogP contribution in [0.5, 0.6) is 0 Å². The molecule has 1 aliphatic heterocycles. The van der Waals surface area contributed by atoms with E-state index in [2.05, 4.69) is 11.3 Å². The average molecular weight is 241 g/mol. The van der Waals surface area contributed by atoms with Crippen LogP contribution in [0.4, 0.5) is 4.79 Å². The maximum atomic E-state index is 11.5. The Balaban J connectivity index is 2.52. The van der Waals surface area contributed by atoms with E-state index in [4.69, 9.17) is 4.74 Å². The molecule has 5 heteroatoms. The molecule has 0 aromatic heterocycles. The molecule has 17 heavy (non-hydrogen) atoms. The number of likely N-dealkylation sites (tertiary alicyclic amines) is 1. The van der Waals surface area contributed by atoms with E-state index in [0.717, 1.165) is 0 Å². The van der Waals surface area contributed by atoms with Gasteiger partial charge in [0.2, 0.25) is 0 Å². The largest absolute Gasteiger partial charge is 0.456 e. The molecular formula is C12H19NO4. The van der Waals surface area contributed by atoms with Gasteiger partial charge in [0, 0.05) is 31.5 Å². The molecule has 0 unspecified atom stereocenters. The average Bonchev–Trinajstić information content (AvgIpc) is 2.28. The van der Waals surface area contributed by atoms with Crippen LogP contribution in [-0.2, 0) is 14.3 Å². The molecule has 1 rings (SSSR count). The van der Waals surface area contributed by atoms with Crippen molar-refractivity contribution in [3.8, 4) is 0 Å². The zero-order chi connectivity index (χ0) is 13.1. The highest BCUT2D eigenvalue weighted by molar-refractivity contribution is 5.87. The Hall–Kier alpha value is -1.52. The van der Waals surface area contributed by atoms with Crippen LogP contribution in [0.3, 0.4) is 0 Å². The van der Waals surface area contributed by atoms with Crippen molar-refractivity contribution in [3.05, 3.63) is 12.2 Å². The fourth-order valence-electron chi connectivity index (χ4n) is 1.70. The van der Waals surface area contributed by atoms with Gasteiger partial charge in [-0.2, -0.15) is 0 Å². The Morgan fingerprint density at radius 3 is 2.24 bits per heavy atom. The van der Waals surface area contributed by atoms with Gasteiger partial charge in [-0.1, -0.05) is 6.58 Å². The van der Waals surface area contributed by atoms with Crippen LogP contribution in [0.2, 0.25) is 0 Å². The second kappa shape index (κ2) is 5.21. The lowest BCUT2D eigenvalue weighted by molar-refractivity contribution is -0.157. The van der Waals surface area contributed by atoms with Crippen LogP contribution in [0, 0.1) is 0 Å². The van der Waals surface area contributed by atoms with E-state index in [9.17, 15) is 9.59 Å². The molecule has 1 heterocycles. The topological polar surface area (TPSA) is 55.8 Å².